The maximum Gasteiger partial charge on any atom is 0.264 e. The summed E-state index contributed by atoms with van der Waals surface area (Å²) >= 11 is 0. The third kappa shape index (κ3) is 5.73. The smallest absolute Gasteiger partial charge is 0.264 e. The molecule has 3 aromatic carbocycles. The molecule has 1 amide bonds. The van der Waals surface area contributed by atoms with Crippen LogP contribution in [0.1, 0.15) is 36.2 Å². The fourth-order valence-electron chi connectivity index (χ4n) is 3.40. The molecule has 1 N–H and O–H groups in total. The number of hydrogen-bond acceptors (Lipinski definition) is 3. The van der Waals surface area contributed by atoms with Crippen molar-refractivity contribution in [2.24, 2.45) is 0 Å². The third-order valence-corrected chi connectivity index (χ3v) is 7.04. The van der Waals surface area contributed by atoms with Gasteiger partial charge in [-0.2, -0.15) is 0 Å². The summed E-state index contributed by atoms with van der Waals surface area (Å²) in [6.45, 7) is 4.06. The first-order chi connectivity index (χ1) is 14.9. The number of hydrogen-bond donors (Lipinski definition) is 1. The van der Waals surface area contributed by atoms with Gasteiger partial charge in [0.05, 0.1) is 10.6 Å². The summed E-state index contributed by atoms with van der Waals surface area (Å²) in [4.78, 5) is 12.8. The van der Waals surface area contributed by atoms with Crippen molar-refractivity contribution in [1.29, 1.82) is 0 Å². The molecule has 0 aliphatic carbocycles. The van der Waals surface area contributed by atoms with Crippen molar-refractivity contribution < 1.29 is 13.2 Å². The molecule has 0 saturated carbocycles. The minimum atomic E-state index is -3.66. The van der Waals surface area contributed by atoms with Gasteiger partial charge in [0.25, 0.3) is 15.9 Å². The summed E-state index contributed by atoms with van der Waals surface area (Å²) in [5, 5.41) is 3.01. The number of aryl methyl sites for hydroxylation is 1. The van der Waals surface area contributed by atoms with Crippen molar-refractivity contribution in [3.8, 4) is 0 Å². The normalized spacial score (nSPS) is 12.2. The van der Waals surface area contributed by atoms with Crippen molar-refractivity contribution in [3.05, 3.63) is 96.1 Å². The quantitative estimate of drug-likeness (QED) is 0.531. The van der Waals surface area contributed by atoms with E-state index < -0.39 is 10.0 Å². The molecule has 1 atom stereocenters. The van der Waals surface area contributed by atoms with Crippen LogP contribution >= 0.6 is 0 Å². The molecule has 0 aromatic heterocycles. The number of carbonyl (C=O) groups is 1. The number of carbonyl (C=O) groups excluding carboxylic acids is 1. The van der Waals surface area contributed by atoms with Gasteiger partial charge in [-0.15, -0.1) is 0 Å². The van der Waals surface area contributed by atoms with Gasteiger partial charge in [0.1, 0.15) is 0 Å². The van der Waals surface area contributed by atoms with Crippen LogP contribution in [-0.4, -0.2) is 26.9 Å². The van der Waals surface area contributed by atoms with E-state index in [0.29, 0.717) is 17.8 Å². The Balaban J connectivity index is 1.65. The van der Waals surface area contributed by atoms with Gasteiger partial charge in [0.2, 0.25) is 0 Å². The van der Waals surface area contributed by atoms with Gasteiger partial charge in [-0.05, 0) is 68.7 Å². The van der Waals surface area contributed by atoms with E-state index in [-0.39, 0.29) is 16.8 Å². The second kappa shape index (κ2) is 10.3. The van der Waals surface area contributed by atoms with Crippen LogP contribution in [0.4, 0.5) is 5.69 Å². The second-order valence-electron chi connectivity index (χ2n) is 7.43. The van der Waals surface area contributed by atoms with Crippen molar-refractivity contribution in [2.75, 3.05) is 10.8 Å². The maximum absolute atomic E-state index is 13.0. The van der Waals surface area contributed by atoms with Gasteiger partial charge >= 0.3 is 0 Å². The van der Waals surface area contributed by atoms with Crippen molar-refractivity contribution in [3.63, 3.8) is 0 Å². The van der Waals surface area contributed by atoms with Gasteiger partial charge < -0.3 is 5.32 Å². The summed E-state index contributed by atoms with van der Waals surface area (Å²) < 4.78 is 27.3. The number of benzene rings is 3. The standard InChI is InChI=1S/C25H28N2O3S/c1-3-27(31(29,30)24-12-8-5-9-13-24)23-18-16-22(17-19-23)25(28)26-20(2)14-15-21-10-6-4-7-11-21/h4-13,16-20H,3,14-15H2,1-2H3,(H,26,28)/t20-/m1/s1. The van der Waals surface area contributed by atoms with Crippen molar-refractivity contribution in [1.82, 2.24) is 5.32 Å². The van der Waals surface area contributed by atoms with E-state index in [1.54, 1.807) is 61.5 Å². The average Bonchev–Trinajstić information content (AvgIpc) is 2.80. The predicted octanol–water partition coefficient (Wildman–Crippen LogP) is 4.65. The number of sulfonamides is 1. The van der Waals surface area contributed by atoms with Crippen LogP contribution in [0.2, 0.25) is 0 Å². The zero-order valence-corrected chi connectivity index (χ0v) is 18.7. The average molecular weight is 437 g/mol. The van der Waals surface area contributed by atoms with Gasteiger partial charge in [0, 0.05) is 18.2 Å². The molecule has 0 aliphatic heterocycles. The minimum Gasteiger partial charge on any atom is -0.350 e. The van der Waals surface area contributed by atoms with E-state index in [2.05, 4.69) is 17.4 Å². The highest BCUT2D eigenvalue weighted by atomic mass is 32.2. The van der Waals surface area contributed by atoms with Crippen molar-refractivity contribution >= 4 is 21.6 Å². The SMILES string of the molecule is CCN(c1ccc(C(=O)N[C@H](C)CCc2ccccc2)cc1)S(=O)(=O)c1ccccc1. The van der Waals surface area contributed by atoms with Crippen LogP contribution < -0.4 is 9.62 Å². The van der Waals surface area contributed by atoms with E-state index >= 15 is 0 Å². The Morgan fingerprint density at radius 1 is 0.903 bits per heavy atom. The summed E-state index contributed by atoms with van der Waals surface area (Å²) in [7, 11) is -3.66. The molecule has 0 heterocycles. The molecule has 0 fully saturated rings. The summed E-state index contributed by atoms with van der Waals surface area (Å²) in [6, 6.07) is 25.2. The first-order valence-corrected chi connectivity index (χ1v) is 11.9. The zero-order chi connectivity index (χ0) is 22.3. The highest BCUT2D eigenvalue weighted by molar-refractivity contribution is 7.92. The molecular formula is C25H28N2O3S. The Kier molecular flexibility index (Phi) is 7.47. The van der Waals surface area contributed by atoms with Gasteiger partial charge in [-0.3, -0.25) is 9.10 Å². The van der Waals surface area contributed by atoms with E-state index in [0.717, 1.165) is 12.8 Å². The van der Waals surface area contributed by atoms with Gasteiger partial charge in [-0.25, -0.2) is 8.42 Å². The molecule has 0 spiro atoms. The Hall–Kier alpha value is -3.12. The first-order valence-electron chi connectivity index (χ1n) is 10.4. The van der Waals surface area contributed by atoms with Crippen LogP contribution in [0.3, 0.4) is 0 Å². The second-order valence-corrected chi connectivity index (χ2v) is 9.29. The van der Waals surface area contributed by atoms with Crippen molar-refractivity contribution in [2.45, 2.75) is 37.6 Å². The Morgan fingerprint density at radius 3 is 2.06 bits per heavy atom. The van der Waals surface area contributed by atoms with Crippen LogP contribution in [0, 0.1) is 0 Å². The Labute approximate surface area is 184 Å². The predicted molar refractivity (Wildman–Crippen MR) is 125 cm³/mol. The molecule has 0 radical (unpaired) electrons. The van der Waals surface area contributed by atoms with E-state index in [9.17, 15) is 13.2 Å². The summed E-state index contributed by atoms with van der Waals surface area (Å²) in [6.07, 6.45) is 1.73. The molecule has 3 aromatic rings. The fourth-order valence-corrected chi connectivity index (χ4v) is 4.89. The monoisotopic (exact) mass is 436 g/mol. The van der Waals surface area contributed by atoms with Gasteiger partial charge in [-0.1, -0.05) is 48.5 Å². The molecular weight excluding hydrogens is 408 g/mol. The Bertz CT molecular complexity index is 1080. The van der Waals surface area contributed by atoms with Crippen LogP contribution in [0.5, 0.6) is 0 Å². The number of rotatable bonds is 9. The maximum atomic E-state index is 13.0. The zero-order valence-electron chi connectivity index (χ0n) is 17.9. The highest BCUT2D eigenvalue weighted by Crippen LogP contribution is 2.23. The fraction of sp³-hybridized carbons (Fsp3) is 0.240. The lowest BCUT2D eigenvalue weighted by Crippen LogP contribution is -2.33. The molecule has 6 heteroatoms. The largest absolute Gasteiger partial charge is 0.350 e. The van der Waals surface area contributed by atoms with Gasteiger partial charge in [0.15, 0.2) is 0 Å². The molecule has 162 valence electrons. The summed E-state index contributed by atoms with van der Waals surface area (Å²) in [5.74, 6) is -0.166. The number of nitrogens with one attached hydrogen (secondary N) is 1. The molecule has 0 aliphatic rings. The lowest BCUT2D eigenvalue weighted by molar-refractivity contribution is 0.0938. The van der Waals surface area contributed by atoms with E-state index in [4.69, 9.17) is 0 Å². The van der Waals surface area contributed by atoms with Crippen LogP contribution in [0.15, 0.2) is 89.8 Å². The number of anilines is 1. The van der Waals surface area contributed by atoms with Crippen LogP contribution in [0.25, 0.3) is 0 Å². The molecule has 0 unspecified atom stereocenters. The van der Waals surface area contributed by atoms with E-state index in [1.165, 1.54) is 9.87 Å². The highest BCUT2D eigenvalue weighted by Gasteiger charge is 2.23. The topological polar surface area (TPSA) is 66.5 Å². The molecule has 3 rings (SSSR count). The number of amides is 1. The molecule has 5 nitrogen and oxygen atoms in total. The van der Waals surface area contributed by atoms with Crippen LogP contribution in [-0.2, 0) is 16.4 Å². The lowest BCUT2D eigenvalue weighted by atomic mass is 10.1. The molecule has 31 heavy (non-hydrogen) atoms. The lowest BCUT2D eigenvalue weighted by Gasteiger charge is -2.23. The summed E-state index contributed by atoms with van der Waals surface area (Å²) in [5.41, 5.74) is 2.27. The number of nitrogens with zero attached hydrogens (tertiary/aromatic N) is 1. The third-order valence-electron chi connectivity index (χ3n) is 5.12. The molecule has 0 saturated heterocycles. The first kappa shape index (κ1) is 22.6. The molecule has 0 bridgehead atoms. The Morgan fingerprint density at radius 2 is 1.48 bits per heavy atom. The minimum absolute atomic E-state index is 0.0259. The van der Waals surface area contributed by atoms with E-state index in [1.807, 2.05) is 25.1 Å².